The summed E-state index contributed by atoms with van der Waals surface area (Å²) in [5.74, 6) is -1.47. The van der Waals surface area contributed by atoms with Gasteiger partial charge in [0.2, 0.25) is 0 Å². The van der Waals surface area contributed by atoms with Gasteiger partial charge < -0.3 is 24.5 Å². The quantitative estimate of drug-likeness (QED) is 0.363. The summed E-state index contributed by atoms with van der Waals surface area (Å²) >= 11 is 0. The molecule has 0 radical (unpaired) electrons. The summed E-state index contributed by atoms with van der Waals surface area (Å²) in [6.45, 7) is 0.216. The zero-order chi connectivity index (χ0) is 21.4. The molecule has 0 saturated carbocycles. The van der Waals surface area contributed by atoms with Crippen LogP contribution >= 0.6 is 0 Å². The lowest BCUT2D eigenvalue weighted by atomic mass is 10.1. The van der Waals surface area contributed by atoms with E-state index >= 15 is 0 Å². The molecule has 29 heavy (non-hydrogen) atoms. The van der Waals surface area contributed by atoms with Crippen molar-refractivity contribution in [1.29, 1.82) is 5.26 Å². The normalized spacial score (nSPS) is 9.97. The second-order valence-corrected chi connectivity index (χ2v) is 5.50. The average Bonchev–Trinajstić information content (AvgIpc) is 3.07. The highest BCUT2D eigenvalue weighted by atomic mass is 16.6. The molecule has 1 heterocycles. The Balaban J connectivity index is 2.32. The highest BCUT2D eigenvalue weighted by Crippen LogP contribution is 2.26. The lowest BCUT2D eigenvalue weighted by molar-refractivity contribution is 0.0592. The van der Waals surface area contributed by atoms with Crippen molar-refractivity contribution >= 4 is 23.7 Å². The number of amides is 2. The Morgan fingerprint density at radius 2 is 1.90 bits per heavy atom. The first-order chi connectivity index (χ1) is 13.9. The number of esters is 1. The number of para-hydroxylation sites is 1. The first-order valence-electron chi connectivity index (χ1n) is 8.25. The Kier molecular flexibility index (Phi) is 7.16. The fourth-order valence-electron chi connectivity index (χ4n) is 2.41. The van der Waals surface area contributed by atoms with Crippen LogP contribution in [0.3, 0.4) is 0 Å². The van der Waals surface area contributed by atoms with Gasteiger partial charge in [-0.05, 0) is 12.1 Å². The van der Waals surface area contributed by atoms with E-state index in [1.807, 2.05) is 6.07 Å². The van der Waals surface area contributed by atoms with E-state index in [1.54, 1.807) is 18.2 Å². The molecule has 0 aliphatic heterocycles. The summed E-state index contributed by atoms with van der Waals surface area (Å²) in [4.78, 5) is 36.3. The molecule has 2 aromatic rings. The number of hydrogen-bond acceptors (Lipinski definition) is 8. The number of nitrogens with zero attached hydrogens (tertiary/aromatic N) is 2. The number of carbonyl (C=O) groups is 3. The molecule has 1 aromatic carbocycles. The van der Waals surface area contributed by atoms with E-state index in [4.69, 9.17) is 19.9 Å². The number of methoxy groups -OCH3 is 2. The molecule has 0 fully saturated rings. The molecular formula is C18H19N5O6. The second kappa shape index (κ2) is 9.77. The Hall–Kier alpha value is -4.04. The maximum Gasteiger partial charge on any atom is 0.426 e. The summed E-state index contributed by atoms with van der Waals surface area (Å²) < 4.78 is 15.5. The SMILES string of the molecule is COCCOC(=O)NNC(=O)c1ccccc1-n1cc(C#N)c(N)c1C(=O)OC. The number of hydrazine groups is 1. The third-order valence-electron chi connectivity index (χ3n) is 3.75. The van der Waals surface area contributed by atoms with E-state index in [2.05, 4.69) is 10.9 Å². The molecule has 11 heteroatoms. The Morgan fingerprint density at radius 3 is 2.55 bits per heavy atom. The zero-order valence-electron chi connectivity index (χ0n) is 15.7. The van der Waals surface area contributed by atoms with E-state index in [0.29, 0.717) is 0 Å². The van der Waals surface area contributed by atoms with Crippen LogP contribution in [-0.2, 0) is 14.2 Å². The molecule has 2 rings (SSSR count). The summed E-state index contributed by atoms with van der Waals surface area (Å²) in [6, 6.07) is 8.10. The molecule has 0 saturated heterocycles. The second-order valence-electron chi connectivity index (χ2n) is 5.50. The van der Waals surface area contributed by atoms with E-state index in [9.17, 15) is 19.6 Å². The van der Waals surface area contributed by atoms with Gasteiger partial charge in [-0.3, -0.25) is 10.2 Å². The van der Waals surface area contributed by atoms with Crippen molar-refractivity contribution in [1.82, 2.24) is 15.4 Å². The predicted molar refractivity (Wildman–Crippen MR) is 100 cm³/mol. The molecule has 2 amide bonds. The molecule has 0 aliphatic carbocycles. The van der Waals surface area contributed by atoms with Gasteiger partial charge in [0, 0.05) is 13.3 Å². The minimum Gasteiger partial charge on any atom is -0.464 e. The van der Waals surface area contributed by atoms with Gasteiger partial charge in [-0.2, -0.15) is 5.26 Å². The molecular weight excluding hydrogens is 382 g/mol. The number of nitrogens with two attached hydrogens (primary N) is 1. The fourth-order valence-corrected chi connectivity index (χ4v) is 2.41. The maximum atomic E-state index is 12.6. The van der Waals surface area contributed by atoms with Crippen LogP contribution in [0, 0.1) is 11.3 Å². The van der Waals surface area contributed by atoms with Gasteiger partial charge in [0.1, 0.15) is 12.7 Å². The lowest BCUT2D eigenvalue weighted by Gasteiger charge is -2.14. The molecule has 1 aromatic heterocycles. The van der Waals surface area contributed by atoms with Gasteiger partial charge in [-0.1, -0.05) is 12.1 Å². The van der Waals surface area contributed by atoms with Crippen molar-refractivity contribution in [3.8, 4) is 11.8 Å². The molecule has 11 nitrogen and oxygen atoms in total. The molecule has 4 N–H and O–H groups in total. The maximum absolute atomic E-state index is 12.6. The van der Waals surface area contributed by atoms with E-state index in [0.717, 1.165) is 0 Å². The number of ether oxygens (including phenoxy) is 3. The molecule has 0 bridgehead atoms. The largest absolute Gasteiger partial charge is 0.464 e. The lowest BCUT2D eigenvalue weighted by Crippen LogP contribution is -2.42. The molecule has 0 spiro atoms. The average molecular weight is 401 g/mol. The van der Waals surface area contributed by atoms with Crippen LogP contribution in [0.15, 0.2) is 30.5 Å². The predicted octanol–water partition coefficient (Wildman–Crippen LogP) is 0.735. The summed E-state index contributed by atoms with van der Waals surface area (Å²) in [5, 5.41) is 9.23. The van der Waals surface area contributed by atoms with Crippen LogP contribution in [0.4, 0.5) is 10.5 Å². The number of benzene rings is 1. The minimum absolute atomic E-state index is 0.0108. The standard InChI is InChI=1S/C18H19N5O6/c1-27-7-8-29-18(26)22-21-16(24)12-5-3-4-6-13(12)23-10-11(9-19)14(20)15(23)17(25)28-2/h3-6,10H,7-8,20H2,1-2H3,(H,21,24)(H,22,26). The third kappa shape index (κ3) is 4.82. The summed E-state index contributed by atoms with van der Waals surface area (Å²) in [6.07, 6.45) is 0.445. The van der Waals surface area contributed by atoms with E-state index < -0.39 is 18.0 Å². The number of nitrogen functional groups attached to an aromatic ring is 1. The van der Waals surface area contributed by atoms with Crippen LogP contribution in [0.1, 0.15) is 26.4 Å². The number of anilines is 1. The number of hydrogen-bond donors (Lipinski definition) is 3. The van der Waals surface area contributed by atoms with Gasteiger partial charge >= 0.3 is 12.1 Å². The van der Waals surface area contributed by atoms with Crippen molar-refractivity contribution in [2.75, 3.05) is 33.2 Å². The van der Waals surface area contributed by atoms with Crippen molar-refractivity contribution in [3.05, 3.63) is 47.3 Å². The first kappa shape index (κ1) is 21.3. The van der Waals surface area contributed by atoms with Crippen molar-refractivity contribution in [2.45, 2.75) is 0 Å². The molecule has 0 atom stereocenters. The number of nitriles is 1. The van der Waals surface area contributed by atoms with Crippen LogP contribution in [-0.4, -0.2) is 50.0 Å². The Labute approximate surface area is 165 Å². The van der Waals surface area contributed by atoms with Crippen LogP contribution in [0.25, 0.3) is 5.69 Å². The number of nitrogens with one attached hydrogen (secondary N) is 2. The molecule has 152 valence electrons. The smallest absolute Gasteiger partial charge is 0.426 e. The van der Waals surface area contributed by atoms with Crippen LogP contribution in [0.2, 0.25) is 0 Å². The van der Waals surface area contributed by atoms with E-state index in [-0.39, 0.29) is 41.4 Å². The Bertz CT molecular complexity index is 962. The van der Waals surface area contributed by atoms with Crippen molar-refractivity contribution in [3.63, 3.8) is 0 Å². The number of carbonyl (C=O) groups excluding carboxylic acids is 3. The molecule has 0 unspecified atom stereocenters. The summed E-state index contributed by atoms with van der Waals surface area (Å²) in [7, 11) is 2.62. The third-order valence-corrected chi connectivity index (χ3v) is 3.75. The summed E-state index contributed by atoms with van der Waals surface area (Å²) in [5.41, 5.74) is 10.4. The van der Waals surface area contributed by atoms with Gasteiger partial charge in [0.15, 0.2) is 5.69 Å². The van der Waals surface area contributed by atoms with E-state index in [1.165, 1.54) is 31.0 Å². The number of rotatable bonds is 6. The zero-order valence-corrected chi connectivity index (χ0v) is 15.7. The minimum atomic E-state index is -0.875. The highest BCUT2D eigenvalue weighted by Gasteiger charge is 2.24. The highest BCUT2D eigenvalue weighted by molar-refractivity contribution is 6.00. The first-order valence-corrected chi connectivity index (χ1v) is 8.25. The van der Waals surface area contributed by atoms with Gasteiger partial charge in [-0.25, -0.2) is 15.0 Å². The van der Waals surface area contributed by atoms with Gasteiger partial charge in [-0.15, -0.1) is 0 Å². The number of aromatic nitrogens is 1. The van der Waals surface area contributed by atoms with Gasteiger partial charge in [0.05, 0.1) is 36.2 Å². The fraction of sp³-hybridized carbons (Fsp3) is 0.222. The van der Waals surface area contributed by atoms with Crippen molar-refractivity contribution in [2.24, 2.45) is 0 Å². The topological polar surface area (TPSA) is 158 Å². The molecule has 0 aliphatic rings. The Morgan fingerprint density at radius 1 is 1.17 bits per heavy atom. The monoisotopic (exact) mass is 401 g/mol. The van der Waals surface area contributed by atoms with Crippen molar-refractivity contribution < 1.29 is 28.6 Å². The van der Waals surface area contributed by atoms with Gasteiger partial charge in [0.25, 0.3) is 5.91 Å². The van der Waals surface area contributed by atoms with Crippen LogP contribution < -0.4 is 16.6 Å². The van der Waals surface area contributed by atoms with Crippen LogP contribution in [0.5, 0.6) is 0 Å².